The molecule has 47 heavy (non-hydrogen) atoms. The monoisotopic (exact) mass is 652 g/mol. The number of rotatable bonds is 4. The summed E-state index contributed by atoms with van der Waals surface area (Å²) in [5.41, 5.74) is 9.45. The summed E-state index contributed by atoms with van der Waals surface area (Å²) in [5, 5.41) is 12.5. The molecule has 1 heterocycles. The van der Waals surface area contributed by atoms with Crippen LogP contribution in [0.1, 0.15) is 45.5 Å². The molecule has 5 aromatic rings. The maximum absolute atomic E-state index is 13.7. The maximum atomic E-state index is 13.7. The predicted molar refractivity (Wildman–Crippen MR) is 198 cm³/mol. The van der Waals surface area contributed by atoms with Crippen LogP contribution in [0.15, 0.2) is 115 Å². The number of ketones is 1. The normalized spacial score (nSPS) is 13.7. The van der Waals surface area contributed by atoms with Crippen molar-refractivity contribution < 1.29 is 4.79 Å². The highest BCUT2D eigenvalue weighted by molar-refractivity contribution is 6.34. The van der Waals surface area contributed by atoms with Gasteiger partial charge in [0, 0.05) is 33.7 Å². The van der Waals surface area contributed by atoms with Crippen LogP contribution in [0.5, 0.6) is 0 Å². The molecule has 3 nitrogen and oxygen atoms in total. The van der Waals surface area contributed by atoms with Crippen LogP contribution in [0.2, 0.25) is 10.0 Å². The Hall–Kier alpha value is -4.83. The van der Waals surface area contributed by atoms with Gasteiger partial charge < -0.3 is 10.6 Å². The molecule has 8 rings (SSSR count). The highest BCUT2D eigenvalue weighted by Crippen LogP contribution is 2.30. The van der Waals surface area contributed by atoms with Crippen molar-refractivity contribution in [2.24, 2.45) is 0 Å². The number of carbonyl (C=O) groups is 1. The van der Waals surface area contributed by atoms with Crippen molar-refractivity contribution >= 4 is 63.8 Å². The lowest BCUT2D eigenvalue weighted by atomic mass is 9.84. The third-order valence-corrected chi connectivity index (χ3v) is 9.71. The lowest BCUT2D eigenvalue weighted by Crippen LogP contribution is -2.26. The van der Waals surface area contributed by atoms with Gasteiger partial charge in [0.1, 0.15) is 0 Å². The molecule has 5 aromatic carbocycles. The second-order valence-corrected chi connectivity index (χ2v) is 12.8. The molecule has 5 heteroatoms. The van der Waals surface area contributed by atoms with Crippen LogP contribution in [-0.4, -0.2) is 5.78 Å². The summed E-state index contributed by atoms with van der Waals surface area (Å²) < 4.78 is 0. The van der Waals surface area contributed by atoms with E-state index in [0.29, 0.717) is 10.6 Å². The van der Waals surface area contributed by atoms with Crippen LogP contribution in [0, 0.1) is 17.4 Å². The first-order valence-electron chi connectivity index (χ1n) is 16.0. The zero-order chi connectivity index (χ0) is 32.3. The topological polar surface area (TPSA) is 41.1 Å². The SMILES string of the molecule is C1=CNc2ccccc2C=C1.Cc1ccccc1Nc1ccc(C(=O)C2=c3ccc4c(c3CCC2)CC=c2c(Cl)cccc2=4)cc1Cl. The van der Waals surface area contributed by atoms with Crippen LogP contribution in [-0.2, 0) is 12.8 Å². The number of nitrogens with one attached hydrogen (secondary N) is 2. The van der Waals surface area contributed by atoms with Crippen molar-refractivity contribution in [2.75, 3.05) is 10.6 Å². The van der Waals surface area contributed by atoms with Gasteiger partial charge in [-0.25, -0.2) is 0 Å². The van der Waals surface area contributed by atoms with Gasteiger partial charge in [-0.05, 0) is 118 Å². The summed E-state index contributed by atoms with van der Waals surface area (Å²) in [5.74, 6) is 0.0588. The van der Waals surface area contributed by atoms with Gasteiger partial charge in [0.05, 0.1) is 10.7 Å². The van der Waals surface area contributed by atoms with Crippen molar-refractivity contribution in [3.05, 3.63) is 174 Å². The molecule has 3 aliphatic rings. The van der Waals surface area contributed by atoms with Gasteiger partial charge >= 0.3 is 0 Å². The van der Waals surface area contributed by atoms with Crippen molar-refractivity contribution in [3.8, 4) is 0 Å². The zero-order valence-corrected chi connectivity index (χ0v) is 27.6. The largest absolute Gasteiger partial charge is 0.361 e. The molecule has 0 aromatic heterocycles. The van der Waals surface area contributed by atoms with E-state index in [2.05, 4.69) is 66.1 Å². The fourth-order valence-electron chi connectivity index (χ4n) is 6.66. The zero-order valence-electron chi connectivity index (χ0n) is 26.1. The lowest BCUT2D eigenvalue weighted by Gasteiger charge is -2.20. The molecular weight excluding hydrogens is 619 g/mol. The molecule has 1 aliphatic heterocycles. The molecule has 0 fully saturated rings. The first-order valence-corrected chi connectivity index (χ1v) is 16.7. The Balaban J connectivity index is 0.000000269. The first kappa shape index (κ1) is 30.8. The minimum atomic E-state index is 0.0588. The van der Waals surface area contributed by atoms with Gasteiger partial charge in [-0.2, -0.15) is 0 Å². The molecule has 2 aliphatic carbocycles. The van der Waals surface area contributed by atoms with Crippen molar-refractivity contribution in [1.29, 1.82) is 0 Å². The van der Waals surface area contributed by atoms with E-state index in [4.69, 9.17) is 23.2 Å². The Labute approximate surface area is 284 Å². The second-order valence-electron chi connectivity index (χ2n) is 12.0. The Morgan fingerprint density at radius 1 is 0.745 bits per heavy atom. The summed E-state index contributed by atoms with van der Waals surface area (Å²) in [4.78, 5) is 13.7. The maximum Gasteiger partial charge on any atom is 0.189 e. The van der Waals surface area contributed by atoms with Crippen LogP contribution in [0.3, 0.4) is 0 Å². The van der Waals surface area contributed by atoms with E-state index < -0.39 is 0 Å². The summed E-state index contributed by atoms with van der Waals surface area (Å²) in [7, 11) is 0. The van der Waals surface area contributed by atoms with Crippen LogP contribution >= 0.6 is 23.2 Å². The molecule has 0 atom stereocenters. The van der Waals surface area contributed by atoms with Gasteiger partial charge in [-0.15, -0.1) is 0 Å². The Morgan fingerprint density at radius 3 is 2.45 bits per heavy atom. The number of benzene rings is 5. The number of hydrogen-bond donors (Lipinski definition) is 2. The van der Waals surface area contributed by atoms with Crippen LogP contribution < -0.4 is 21.1 Å². The summed E-state index contributed by atoms with van der Waals surface area (Å²) in [6.07, 6.45) is 13.8. The number of allylic oxidation sites excluding steroid dienone is 2. The molecule has 0 saturated heterocycles. The third kappa shape index (κ3) is 6.30. The number of carbonyl (C=O) groups excluding carboxylic acids is 1. The van der Waals surface area contributed by atoms with E-state index in [1.807, 2.05) is 72.9 Å². The van der Waals surface area contributed by atoms with E-state index in [0.717, 1.165) is 69.3 Å². The van der Waals surface area contributed by atoms with Gasteiger partial charge in [0.15, 0.2) is 5.78 Å². The average molecular weight is 654 g/mol. The fraction of sp³-hybridized carbons (Fsp3) is 0.119. The number of fused-ring (bicyclic) bond motifs is 5. The fourth-order valence-corrected chi connectivity index (χ4v) is 7.14. The Bertz CT molecular complexity index is 2320. The molecule has 232 valence electrons. The summed E-state index contributed by atoms with van der Waals surface area (Å²) in [6.45, 7) is 2.05. The molecule has 0 saturated carbocycles. The van der Waals surface area contributed by atoms with Crippen LogP contribution in [0.4, 0.5) is 17.1 Å². The van der Waals surface area contributed by atoms with Gasteiger partial charge in [-0.3, -0.25) is 4.79 Å². The highest BCUT2D eigenvalue weighted by Gasteiger charge is 2.21. The number of hydrogen-bond acceptors (Lipinski definition) is 3. The third-order valence-electron chi connectivity index (χ3n) is 9.07. The van der Waals surface area contributed by atoms with Gasteiger partial charge in [-0.1, -0.05) is 102 Å². The molecule has 0 unspecified atom stereocenters. The van der Waals surface area contributed by atoms with Crippen molar-refractivity contribution in [3.63, 3.8) is 0 Å². The average Bonchev–Trinajstić information content (AvgIpc) is 3.35. The van der Waals surface area contributed by atoms with E-state index in [9.17, 15) is 4.79 Å². The van der Waals surface area contributed by atoms with Crippen LogP contribution in [0.25, 0.3) is 17.7 Å². The molecule has 0 bridgehead atoms. The predicted octanol–water partition coefficient (Wildman–Crippen LogP) is 9.68. The Kier molecular flexibility index (Phi) is 8.84. The molecule has 2 N–H and O–H groups in total. The van der Waals surface area contributed by atoms with E-state index in [1.165, 1.54) is 27.1 Å². The quantitative estimate of drug-likeness (QED) is 0.190. The second kappa shape index (κ2) is 13.5. The van der Waals surface area contributed by atoms with E-state index in [1.54, 1.807) is 6.07 Å². The molecule has 0 spiro atoms. The van der Waals surface area contributed by atoms with E-state index >= 15 is 0 Å². The molecular formula is C42H34Cl2N2O. The standard InChI is InChI=1S/C32H25Cl2NO.C10H9N/c1-19-6-2-3-11-30(19)35-31-17-12-20(18-29(31)34)32(36)27-9-4-7-21-23-15-16-26-22(8-5-10-28(26)33)24(23)13-14-25(21)27;1-2-7-10-9(5-1)6-3-4-8-11-10/h2-3,5-6,8,10-14,16-18,35H,4,7,9,15H2,1H3;1-8,11H. The minimum absolute atomic E-state index is 0.0588. The number of halogens is 2. The summed E-state index contributed by atoms with van der Waals surface area (Å²) >= 11 is 13.1. The summed E-state index contributed by atoms with van der Waals surface area (Å²) in [6, 6.07) is 32.2. The lowest BCUT2D eigenvalue weighted by molar-refractivity contribution is 0.105. The minimum Gasteiger partial charge on any atom is -0.361 e. The van der Waals surface area contributed by atoms with E-state index in [-0.39, 0.29) is 5.78 Å². The van der Waals surface area contributed by atoms with Gasteiger partial charge in [0.25, 0.3) is 0 Å². The highest BCUT2D eigenvalue weighted by atomic mass is 35.5. The number of para-hydroxylation sites is 2. The molecule has 0 radical (unpaired) electrons. The van der Waals surface area contributed by atoms with Crippen molar-refractivity contribution in [2.45, 2.75) is 32.6 Å². The number of Topliss-reactive ketones (excluding diaryl/α,β-unsaturated/α-hetero) is 1. The number of aryl methyl sites for hydroxylation is 1. The molecule has 0 amide bonds. The van der Waals surface area contributed by atoms with Gasteiger partial charge in [0.2, 0.25) is 0 Å². The first-order chi connectivity index (χ1) is 23.0. The van der Waals surface area contributed by atoms with Crippen molar-refractivity contribution in [1.82, 2.24) is 0 Å². The Morgan fingerprint density at radius 2 is 1.57 bits per heavy atom. The smallest absolute Gasteiger partial charge is 0.189 e. The number of anilines is 3.